The van der Waals surface area contributed by atoms with Crippen molar-refractivity contribution in [3.8, 4) is 0 Å². The Morgan fingerprint density at radius 3 is 2.67 bits per heavy atom. The van der Waals surface area contributed by atoms with Crippen LogP contribution in [0.1, 0.15) is 0 Å². The molecule has 6 heavy (non-hydrogen) atoms. The molecule has 0 aromatic rings. The third-order valence-electron chi connectivity index (χ3n) is 0.327. The molecule has 0 aliphatic rings. The molecule has 0 spiro atoms. The first kappa shape index (κ1) is 6.44. The second-order valence-corrected chi connectivity index (χ2v) is 2.56. The van der Waals surface area contributed by atoms with Crippen LogP contribution in [0, 0.1) is 0 Å². The summed E-state index contributed by atoms with van der Waals surface area (Å²) in [5.74, 6) is 1.02. The molecule has 0 bridgehead atoms. The van der Waals surface area contributed by atoms with Crippen LogP contribution in [0.15, 0.2) is 12.7 Å². The van der Waals surface area contributed by atoms with Gasteiger partial charge in [0.05, 0.1) is 0 Å². The van der Waals surface area contributed by atoms with Crippen molar-refractivity contribution in [2.45, 2.75) is 0 Å². The molecule has 0 aromatic carbocycles. The van der Waals surface area contributed by atoms with Crippen molar-refractivity contribution in [2.24, 2.45) is 0 Å². The van der Waals surface area contributed by atoms with Gasteiger partial charge < -0.3 is 0 Å². The minimum atomic E-state index is 0.895. The summed E-state index contributed by atoms with van der Waals surface area (Å²) in [7, 11) is 0. The highest BCUT2D eigenvalue weighted by atomic mass is 32.2. The highest BCUT2D eigenvalue weighted by molar-refractivity contribution is 8.09. The summed E-state index contributed by atoms with van der Waals surface area (Å²) in [6.07, 6.45) is 1.88. The van der Waals surface area contributed by atoms with Gasteiger partial charge in [0.25, 0.3) is 0 Å². The number of rotatable bonds is 3. The quantitative estimate of drug-likeness (QED) is 0.256. The van der Waals surface area contributed by atoms with Crippen LogP contribution in [-0.4, -0.2) is 10.8 Å². The normalized spacial score (nSPS) is 8.17. The standard InChI is InChI=1S/C4H8S2/c1-2-3-6-4-5/h2,5H,1,3-4H2. The zero-order valence-electron chi connectivity index (χ0n) is 3.55. The smallest absolute Gasteiger partial charge is 0.0364 e. The van der Waals surface area contributed by atoms with E-state index in [-0.39, 0.29) is 0 Å². The lowest BCUT2D eigenvalue weighted by atomic mass is 10.8. The SMILES string of the molecule is C=CCSCS. The van der Waals surface area contributed by atoms with Gasteiger partial charge in [-0.2, -0.15) is 12.6 Å². The van der Waals surface area contributed by atoms with Crippen molar-refractivity contribution < 1.29 is 0 Å². The lowest BCUT2D eigenvalue weighted by Gasteiger charge is -1.82. The van der Waals surface area contributed by atoms with Crippen molar-refractivity contribution in [1.82, 2.24) is 0 Å². The van der Waals surface area contributed by atoms with Crippen LogP contribution in [0.25, 0.3) is 0 Å². The highest BCUT2D eigenvalue weighted by Gasteiger charge is 1.71. The third kappa shape index (κ3) is 4.44. The van der Waals surface area contributed by atoms with Crippen LogP contribution in [0.5, 0.6) is 0 Å². The molecule has 0 rings (SSSR count). The van der Waals surface area contributed by atoms with Crippen LogP contribution in [0.2, 0.25) is 0 Å². The van der Waals surface area contributed by atoms with Gasteiger partial charge in [0.15, 0.2) is 0 Å². The Labute approximate surface area is 48.4 Å². The fraction of sp³-hybridized carbons (Fsp3) is 0.500. The molecule has 0 amide bonds. The lowest BCUT2D eigenvalue weighted by molar-refractivity contribution is 1.82. The summed E-state index contributed by atoms with van der Waals surface area (Å²) in [6.45, 7) is 3.54. The molecule has 0 saturated heterocycles. The Hall–Kier alpha value is 0.440. The average Bonchev–Trinajstić information content (AvgIpc) is 1.61. The van der Waals surface area contributed by atoms with E-state index in [1.807, 2.05) is 6.08 Å². The first-order chi connectivity index (χ1) is 2.91. The summed E-state index contributed by atoms with van der Waals surface area (Å²) in [6, 6.07) is 0. The second kappa shape index (κ2) is 5.44. The highest BCUT2D eigenvalue weighted by Crippen LogP contribution is 1.99. The van der Waals surface area contributed by atoms with Gasteiger partial charge in [0.2, 0.25) is 0 Å². The minimum Gasteiger partial charge on any atom is -0.168 e. The minimum absolute atomic E-state index is 0.895. The van der Waals surface area contributed by atoms with Crippen molar-refractivity contribution >= 4 is 24.4 Å². The molecule has 0 nitrogen and oxygen atoms in total. The topological polar surface area (TPSA) is 0 Å². The van der Waals surface area contributed by atoms with E-state index in [4.69, 9.17) is 0 Å². The van der Waals surface area contributed by atoms with E-state index >= 15 is 0 Å². The maximum absolute atomic E-state index is 3.97. The fourth-order valence-corrected chi connectivity index (χ4v) is 0.724. The van der Waals surface area contributed by atoms with Crippen molar-refractivity contribution in [2.75, 3.05) is 10.8 Å². The number of thioether (sulfide) groups is 1. The van der Waals surface area contributed by atoms with Crippen molar-refractivity contribution in [1.29, 1.82) is 0 Å². The van der Waals surface area contributed by atoms with Gasteiger partial charge in [-0.15, -0.1) is 18.3 Å². The summed E-state index contributed by atoms with van der Waals surface area (Å²) in [4.78, 5) is 0. The molecular weight excluding hydrogens is 112 g/mol. The summed E-state index contributed by atoms with van der Waals surface area (Å²) >= 11 is 5.72. The van der Waals surface area contributed by atoms with Crippen LogP contribution in [-0.2, 0) is 0 Å². The molecular formula is C4H8S2. The van der Waals surface area contributed by atoms with Gasteiger partial charge in [-0.3, -0.25) is 0 Å². The maximum Gasteiger partial charge on any atom is 0.0364 e. The predicted molar refractivity (Wildman–Crippen MR) is 36.5 cm³/mol. The van der Waals surface area contributed by atoms with E-state index in [1.54, 1.807) is 11.8 Å². The van der Waals surface area contributed by atoms with Crippen molar-refractivity contribution in [3.63, 3.8) is 0 Å². The average molecular weight is 120 g/mol. The largest absolute Gasteiger partial charge is 0.168 e. The Morgan fingerprint density at radius 1 is 1.83 bits per heavy atom. The molecule has 0 heterocycles. The third-order valence-corrected chi connectivity index (χ3v) is 1.53. The van der Waals surface area contributed by atoms with E-state index in [9.17, 15) is 0 Å². The van der Waals surface area contributed by atoms with E-state index in [2.05, 4.69) is 19.2 Å². The first-order valence-electron chi connectivity index (χ1n) is 1.71. The first-order valence-corrected chi connectivity index (χ1v) is 3.50. The molecule has 0 N–H and O–H groups in total. The molecule has 0 fully saturated rings. The molecule has 0 atom stereocenters. The molecule has 0 aliphatic heterocycles. The Kier molecular flexibility index (Phi) is 5.84. The summed E-state index contributed by atoms with van der Waals surface area (Å²) in [5.41, 5.74) is 0. The van der Waals surface area contributed by atoms with Crippen LogP contribution >= 0.6 is 24.4 Å². The second-order valence-electron chi connectivity index (χ2n) is 0.789. The molecule has 0 unspecified atom stereocenters. The van der Waals surface area contributed by atoms with E-state index in [0.29, 0.717) is 0 Å². The summed E-state index contributed by atoms with van der Waals surface area (Å²) < 4.78 is 0. The molecule has 0 aliphatic carbocycles. The van der Waals surface area contributed by atoms with Crippen LogP contribution in [0.3, 0.4) is 0 Å². The zero-order valence-corrected chi connectivity index (χ0v) is 5.27. The monoisotopic (exact) mass is 120 g/mol. The lowest BCUT2D eigenvalue weighted by Crippen LogP contribution is -1.64. The molecule has 0 aromatic heterocycles. The van der Waals surface area contributed by atoms with E-state index in [0.717, 1.165) is 10.8 Å². The van der Waals surface area contributed by atoms with Gasteiger partial charge in [-0.1, -0.05) is 6.08 Å². The molecule has 2 heteroatoms. The zero-order chi connectivity index (χ0) is 4.83. The van der Waals surface area contributed by atoms with Crippen molar-refractivity contribution in [3.05, 3.63) is 12.7 Å². The molecule has 0 saturated carbocycles. The van der Waals surface area contributed by atoms with Crippen LogP contribution in [0.4, 0.5) is 0 Å². The van der Waals surface area contributed by atoms with Crippen LogP contribution < -0.4 is 0 Å². The Bertz CT molecular complexity index is 34.5. The predicted octanol–water partition coefficient (Wildman–Crippen LogP) is 1.79. The van der Waals surface area contributed by atoms with E-state index < -0.39 is 0 Å². The molecule has 36 valence electrons. The van der Waals surface area contributed by atoms with E-state index in [1.165, 1.54) is 0 Å². The maximum atomic E-state index is 3.97. The van der Waals surface area contributed by atoms with Gasteiger partial charge in [-0.25, -0.2) is 0 Å². The Balaban J connectivity index is 2.49. The summed E-state index contributed by atoms with van der Waals surface area (Å²) in [5, 5.41) is 0.895. The van der Waals surface area contributed by atoms with Gasteiger partial charge in [0.1, 0.15) is 0 Å². The van der Waals surface area contributed by atoms with Gasteiger partial charge in [-0.05, 0) is 0 Å². The number of hydrogen-bond donors (Lipinski definition) is 1. The fourth-order valence-electron chi connectivity index (χ4n) is 0.136. The van der Waals surface area contributed by atoms with Gasteiger partial charge >= 0.3 is 0 Å². The number of thiol groups is 1. The molecule has 0 radical (unpaired) electrons. The number of hydrogen-bond acceptors (Lipinski definition) is 2. The van der Waals surface area contributed by atoms with Gasteiger partial charge in [0, 0.05) is 10.8 Å². The Morgan fingerprint density at radius 2 is 2.50 bits per heavy atom.